The summed E-state index contributed by atoms with van der Waals surface area (Å²) in [6.07, 6.45) is 1.87. The predicted octanol–water partition coefficient (Wildman–Crippen LogP) is 4.25. The van der Waals surface area contributed by atoms with Gasteiger partial charge in [0, 0.05) is 16.5 Å². The highest BCUT2D eigenvalue weighted by Crippen LogP contribution is 2.64. The average Bonchev–Trinajstić information content (AvgIpc) is 3.40. The van der Waals surface area contributed by atoms with Crippen LogP contribution in [-0.4, -0.2) is 44.7 Å². The molecule has 4 N–H and O–H groups in total. The predicted molar refractivity (Wildman–Crippen MR) is 159 cm³/mol. The number of nitrogens with zero attached hydrogens (tertiary/aromatic N) is 2. The first-order chi connectivity index (χ1) is 21.5. The summed E-state index contributed by atoms with van der Waals surface area (Å²) >= 11 is 6.26. The number of phenolic OH excluding ortho intramolecular Hbond substituents is 1. The molecule has 2 saturated heterocycles. The monoisotopic (exact) mass is 628 g/mol. The van der Waals surface area contributed by atoms with E-state index in [-0.39, 0.29) is 24.3 Å². The minimum Gasteiger partial charge on any atom is -0.508 e. The fourth-order valence-electron chi connectivity index (χ4n) is 7.95. The Balaban J connectivity index is 1.46. The van der Waals surface area contributed by atoms with Crippen LogP contribution in [-0.2, 0) is 24.6 Å². The minimum absolute atomic E-state index is 0.0164. The summed E-state index contributed by atoms with van der Waals surface area (Å²) in [6.45, 7) is 0. The number of urea groups is 1. The molecular formula is C33H26ClFN4O6. The molecule has 4 aliphatic rings. The first kappa shape index (κ1) is 28.7. The number of hydrogen-bond acceptors (Lipinski definition) is 7. The summed E-state index contributed by atoms with van der Waals surface area (Å²) in [6, 6.07) is 17.0. The van der Waals surface area contributed by atoms with Crippen LogP contribution in [0.3, 0.4) is 0 Å². The van der Waals surface area contributed by atoms with Gasteiger partial charge in [-0.3, -0.25) is 24.6 Å². The van der Waals surface area contributed by atoms with Gasteiger partial charge in [-0.1, -0.05) is 53.6 Å². The zero-order chi connectivity index (χ0) is 31.8. The summed E-state index contributed by atoms with van der Waals surface area (Å²) in [5.74, 6) is -7.96. The van der Waals surface area contributed by atoms with E-state index in [9.17, 15) is 33.5 Å². The summed E-state index contributed by atoms with van der Waals surface area (Å²) in [7, 11) is 0. The van der Waals surface area contributed by atoms with Gasteiger partial charge in [0.1, 0.15) is 11.6 Å². The number of aromatic hydroxyl groups is 1. The quantitative estimate of drug-likeness (QED) is 0.289. The van der Waals surface area contributed by atoms with Crippen molar-refractivity contribution in [1.29, 1.82) is 0 Å². The Labute approximate surface area is 261 Å². The number of hydrogen-bond donors (Lipinski definition) is 3. The third kappa shape index (κ3) is 4.03. The van der Waals surface area contributed by atoms with Crippen LogP contribution in [0.1, 0.15) is 29.9 Å². The smallest absolute Gasteiger partial charge is 0.328 e. The third-order valence-electron chi connectivity index (χ3n) is 9.72. The molecule has 12 heteroatoms. The van der Waals surface area contributed by atoms with Crippen molar-refractivity contribution in [2.75, 3.05) is 5.43 Å². The number of likely N-dealkylation sites (tertiary alicyclic amines) is 1. The number of amides is 6. The lowest BCUT2D eigenvalue weighted by molar-refractivity contribution is -0.139. The second kappa shape index (κ2) is 10.3. The largest absolute Gasteiger partial charge is 0.508 e. The number of nitrogens with one attached hydrogen (secondary N) is 1. The molecule has 7 rings (SSSR count). The highest BCUT2D eigenvalue weighted by molar-refractivity contribution is 6.30. The number of benzene rings is 3. The molecule has 10 nitrogen and oxygen atoms in total. The highest BCUT2D eigenvalue weighted by atomic mass is 35.5. The normalized spacial score (nSPS) is 28.8. The van der Waals surface area contributed by atoms with Gasteiger partial charge in [0.05, 0.1) is 28.9 Å². The van der Waals surface area contributed by atoms with E-state index in [1.54, 1.807) is 48.5 Å². The van der Waals surface area contributed by atoms with Crippen LogP contribution in [0, 0.1) is 29.5 Å². The number of hydrazine groups is 1. The first-order valence-electron chi connectivity index (χ1n) is 14.4. The standard InChI is InChI=1S/C33H26ClFN4O6/c34-17-7-5-16(6-8-17)33-24(29(42)39(31(33)44)37-19-11-9-18(35)10-12-19)15-23-20(27(33)21-3-1-2-4-25(21)40)13-14-22-26(23)30(43)38(28(22)41)32(36)45/h1-13,22-24,26-27,37,40H,14-15H2,(H2,36,45). The van der Waals surface area contributed by atoms with Crippen LogP contribution in [0.2, 0.25) is 5.02 Å². The number of anilines is 1. The Morgan fingerprint density at radius 2 is 1.62 bits per heavy atom. The van der Waals surface area contributed by atoms with Gasteiger partial charge in [-0.05, 0) is 66.8 Å². The Hall–Kier alpha value is -5.03. The molecule has 0 aromatic heterocycles. The van der Waals surface area contributed by atoms with Gasteiger partial charge in [0.15, 0.2) is 0 Å². The van der Waals surface area contributed by atoms with E-state index in [1.165, 1.54) is 30.3 Å². The molecule has 3 fully saturated rings. The van der Waals surface area contributed by atoms with Gasteiger partial charge in [0.2, 0.25) is 11.8 Å². The summed E-state index contributed by atoms with van der Waals surface area (Å²) in [5.41, 5.74) is 8.34. The Kier molecular flexibility index (Phi) is 6.55. The molecule has 1 saturated carbocycles. The van der Waals surface area contributed by atoms with Gasteiger partial charge in [-0.25, -0.2) is 9.18 Å². The van der Waals surface area contributed by atoms with Gasteiger partial charge in [-0.2, -0.15) is 9.91 Å². The molecule has 3 aromatic carbocycles. The average molecular weight is 629 g/mol. The van der Waals surface area contributed by atoms with Crippen LogP contribution in [0.4, 0.5) is 14.9 Å². The number of para-hydroxylation sites is 1. The zero-order valence-electron chi connectivity index (χ0n) is 23.5. The van der Waals surface area contributed by atoms with E-state index >= 15 is 0 Å². The number of imide groups is 4. The molecule has 6 unspecified atom stereocenters. The van der Waals surface area contributed by atoms with Crippen LogP contribution >= 0.6 is 11.6 Å². The molecule has 45 heavy (non-hydrogen) atoms. The Morgan fingerprint density at radius 1 is 0.933 bits per heavy atom. The third-order valence-corrected chi connectivity index (χ3v) is 9.98. The number of primary amides is 1. The number of allylic oxidation sites excluding steroid dienone is 2. The van der Waals surface area contributed by atoms with Crippen molar-refractivity contribution < 1.29 is 33.5 Å². The van der Waals surface area contributed by atoms with Crippen molar-refractivity contribution >= 4 is 46.9 Å². The fraction of sp³-hybridized carbons (Fsp3) is 0.242. The summed E-state index contributed by atoms with van der Waals surface area (Å²) < 4.78 is 13.7. The lowest BCUT2D eigenvalue weighted by Crippen LogP contribution is -2.53. The molecule has 2 aliphatic heterocycles. The number of fused-ring (bicyclic) bond motifs is 4. The molecule has 6 atom stereocenters. The SMILES string of the molecule is NC(=O)N1C(=O)C2CC=C3C(CC4C(=O)N(Nc5ccc(F)cc5)C(=O)C4(c4ccc(Cl)cc4)C3c3ccccc3O)C2C1=O. The minimum atomic E-state index is -1.63. The van der Waals surface area contributed by atoms with Crippen LogP contribution in [0.15, 0.2) is 84.4 Å². The van der Waals surface area contributed by atoms with E-state index in [0.29, 0.717) is 26.6 Å². The van der Waals surface area contributed by atoms with Crippen molar-refractivity contribution in [3.05, 3.63) is 106 Å². The van der Waals surface area contributed by atoms with Gasteiger partial charge >= 0.3 is 6.03 Å². The number of carbonyl (C=O) groups is 5. The van der Waals surface area contributed by atoms with E-state index in [0.717, 1.165) is 5.01 Å². The molecule has 2 heterocycles. The second-order valence-electron chi connectivity index (χ2n) is 11.8. The highest BCUT2D eigenvalue weighted by Gasteiger charge is 2.70. The first-order valence-corrected chi connectivity index (χ1v) is 14.7. The Morgan fingerprint density at radius 3 is 2.29 bits per heavy atom. The van der Waals surface area contributed by atoms with Crippen molar-refractivity contribution in [1.82, 2.24) is 9.91 Å². The lowest BCUT2D eigenvalue weighted by Gasteiger charge is -2.50. The number of halogens is 2. The van der Waals surface area contributed by atoms with Crippen LogP contribution < -0.4 is 11.2 Å². The summed E-state index contributed by atoms with van der Waals surface area (Å²) in [5, 5.41) is 12.6. The maximum Gasteiger partial charge on any atom is 0.328 e. The van der Waals surface area contributed by atoms with Crippen molar-refractivity contribution in [2.45, 2.75) is 24.2 Å². The summed E-state index contributed by atoms with van der Waals surface area (Å²) in [4.78, 5) is 68.8. The van der Waals surface area contributed by atoms with Crippen molar-refractivity contribution in [3.8, 4) is 5.75 Å². The van der Waals surface area contributed by atoms with E-state index in [2.05, 4.69) is 5.43 Å². The van der Waals surface area contributed by atoms with E-state index < -0.39 is 70.5 Å². The number of carbonyl (C=O) groups excluding carboxylic acids is 5. The number of rotatable bonds is 4. The molecule has 228 valence electrons. The fourth-order valence-corrected chi connectivity index (χ4v) is 8.07. The molecule has 6 amide bonds. The molecule has 3 aromatic rings. The lowest BCUT2D eigenvalue weighted by atomic mass is 9.49. The topological polar surface area (TPSA) is 150 Å². The number of phenols is 1. The molecule has 2 aliphatic carbocycles. The maximum absolute atomic E-state index is 14.9. The van der Waals surface area contributed by atoms with E-state index in [4.69, 9.17) is 17.3 Å². The maximum atomic E-state index is 14.9. The van der Waals surface area contributed by atoms with Gasteiger partial charge in [-0.15, -0.1) is 0 Å². The van der Waals surface area contributed by atoms with Gasteiger partial charge in [0.25, 0.3) is 11.8 Å². The number of nitrogens with two attached hydrogens (primary N) is 1. The van der Waals surface area contributed by atoms with E-state index in [1.807, 2.05) is 0 Å². The van der Waals surface area contributed by atoms with Gasteiger partial charge < -0.3 is 10.8 Å². The molecule has 0 bridgehead atoms. The Bertz CT molecular complexity index is 1830. The van der Waals surface area contributed by atoms with Crippen LogP contribution in [0.5, 0.6) is 5.75 Å². The second-order valence-corrected chi connectivity index (χ2v) is 12.2. The van der Waals surface area contributed by atoms with Crippen molar-refractivity contribution in [3.63, 3.8) is 0 Å². The van der Waals surface area contributed by atoms with Crippen molar-refractivity contribution in [2.24, 2.45) is 29.4 Å². The zero-order valence-corrected chi connectivity index (χ0v) is 24.3. The molecule has 0 spiro atoms. The van der Waals surface area contributed by atoms with Crippen LogP contribution in [0.25, 0.3) is 0 Å². The molecule has 0 radical (unpaired) electrons. The molecular weight excluding hydrogens is 603 g/mol.